The summed E-state index contributed by atoms with van der Waals surface area (Å²) in [5.41, 5.74) is 7.67. The highest BCUT2D eigenvalue weighted by Crippen LogP contribution is 2.24. The van der Waals surface area contributed by atoms with E-state index < -0.39 is 0 Å². The van der Waals surface area contributed by atoms with E-state index in [0.29, 0.717) is 16.7 Å². The maximum absolute atomic E-state index is 13.3. The third kappa shape index (κ3) is 3.16. The zero-order chi connectivity index (χ0) is 17.2. The van der Waals surface area contributed by atoms with Gasteiger partial charge < -0.3 is 5.73 Å². The Morgan fingerprint density at radius 3 is 2.84 bits per heavy atom. The van der Waals surface area contributed by atoms with Gasteiger partial charge in [-0.2, -0.15) is 9.67 Å². The first-order chi connectivity index (χ1) is 12.2. The summed E-state index contributed by atoms with van der Waals surface area (Å²) < 4.78 is 14.8. The van der Waals surface area contributed by atoms with Crippen LogP contribution >= 0.6 is 11.8 Å². The third-order valence-electron chi connectivity index (χ3n) is 3.59. The fraction of sp³-hybridized carbons (Fsp3) is 0.0588. The second-order valence-corrected chi connectivity index (χ2v) is 6.24. The zero-order valence-electron chi connectivity index (χ0n) is 13.0. The number of nitrogens with two attached hydrogens (primary N) is 1. The second kappa shape index (κ2) is 6.48. The Labute approximate surface area is 146 Å². The SMILES string of the molecule is Nc1nc(SCc2cccc(F)c2)nn1-c1ncnc2ccccc12. The van der Waals surface area contributed by atoms with Crippen LogP contribution in [-0.2, 0) is 5.75 Å². The minimum absolute atomic E-state index is 0.241. The topological polar surface area (TPSA) is 82.5 Å². The molecule has 0 unspecified atom stereocenters. The van der Waals surface area contributed by atoms with Crippen LogP contribution in [-0.4, -0.2) is 24.7 Å². The van der Waals surface area contributed by atoms with E-state index in [2.05, 4.69) is 20.1 Å². The number of anilines is 1. The average Bonchev–Trinajstić information content (AvgIpc) is 3.00. The number of hydrogen-bond donors (Lipinski definition) is 1. The van der Waals surface area contributed by atoms with Crippen LogP contribution < -0.4 is 5.73 Å². The van der Waals surface area contributed by atoms with Gasteiger partial charge >= 0.3 is 0 Å². The van der Waals surface area contributed by atoms with Crippen LogP contribution in [0.5, 0.6) is 0 Å². The Morgan fingerprint density at radius 1 is 1.08 bits per heavy atom. The van der Waals surface area contributed by atoms with Crippen molar-refractivity contribution in [3.8, 4) is 5.82 Å². The molecule has 0 fully saturated rings. The van der Waals surface area contributed by atoms with Crippen molar-refractivity contribution in [2.75, 3.05) is 5.73 Å². The highest BCUT2D eigenvalue weighted by atomic mass is 32.2. The van der Waals surface area contributed by atoms with E-state index in [1.165, 1.54) is 34.9 Å². The average molecular weight is 352 g/mol. The molecule has 2 aromatic carbocycles. The van der Waals surface area contributed by atoms with Gasteiger partial charge in [-0.1, -0.05) is 36.0 Å². The fourth-order valence-corrected chi connectivity index (χ4v) is 3.23. The van der Waals surface area contributed by atoms with E-state index in [0.717, 1.165) is 16.5 Å². The normalized spacial score (nSPS) is 11.1. The number of para-hydroxylation sites is 1. The molecule has 0 atom stereocenters. The van der Waals surface area contributed by atoms with Gasteiger partial charge in [0.15, 0.2) is 5.82 Å². The molecule has 6 nitrogen and oxygen atoms in total. The molecule has 0 saturated carbocycles. The number of nitrogen functional groups attached to an aromatic ring is 1. The van der Waals surface area contributed by atoms with Crippen LogP contribution in [0.15, 0.2) is 60.0 Å². The summed E-state index contributed by atoms with van der Waals surface area (Å²) in [6.07, 6.45) is 1.47. The zero-order valence-corrected chi connectivity index (χ0v) is 13.8. The summed E-state index contributed by atoms with van der Waals surface area (Å²) in [5.74, 6) is 1.11. The van der Waals surface area contributed by atoms with Gasteiger partial charge in [0.1, 0.15) is 12.1 Å². The fourth-order valence-electron chi connectivity index (χ4n) is 2.46. The lowest BCUT2D eigenvalue weighted by Crippen LogP contribution is -2.05. The number of nitrogens with zero attached hydrogens (tertiary/aromatic N) is 5. The van der Waals surface area contributed by atoms with Crippen LogP contribution in [0.25, 0.3) is 16.7 Å². The van der Waals surface area contributed by atoms with Gasteiger partial charge in [-0.3, -0.25) is 0 Å². The summed E-state index contributed by atoms with van der Waals surface area (Å²) >= 11 is 1.38. The van der Waals surface area contributed by atoms with E-state index in [9.17, 15) is 4.39 Å². The Kier molecular flexibility index (Phi) is 4.02. The molecule has 8 heteroatoms. The Balaban J connectivity index is 1.64. The number of thioether (sulfide) groups is 1. The molecule has 0 aliphatic heterocycles. The second-order valence-electron chi connectivity index (χ2n) is 5.30. The number of fused-ring (bicyclic) bond motifs is 1. The van der Waals surface area contributed by atoms with E-state index in [-0.39, 0.29) is 11.8 Å². The molecule has 0 aliphatic rings. The van der Waals surface area contributed by atoms with Gasteiger partial charge in [-0.25, -0.2) is 14.4 Å². The summed E-state index contributed by atoms with van der Waals surface area (Å²) in [6.45, 7) is 0. The highest BCUT2D eigenvalue weighted by molar-refractivity contribution is 7.98. The van der Waals surface area contributed by atoms with Crippen molar-refractivity contribution in [2.24, 2.45) is 0 Å². The van der Waals surface area contributed by atoms with Crippen molar-refractivity contribution < 1.29 is 4.39 Å². The predicted octanol–water partition coefficient (Wildman–Crippen LogP) is 3.22. The Morgan fingerprint density at radius 2 is 1.96 bits per heavy atom. The van der Waals surface area contributed by atoms with Crippen molar-refractivity contribution >= 4 is 28.6 Å². The lowest BCUT2D eigenvalue weighted by atomic mass is 10.2. The summed E-state index contributed by atoms with van der Waals surface area (Å²) in [6, 6.07) is 14.1. The van der Waals surface area contributed by atoms with Crippen molar-refractivity contribution in [1.29, 1.82) is 0 Å². The number of hydrogen-bond acceptors (Lipinski definition) is 6. The van der Waals surface area contributed by atoms with Crippen LogP contribution in [0, 0.1) is 5.82 Å². The third-order valence-corrected chi connectivity index (χ3v) is 4.50. The maximum Gasteiger partial charge on any atom is 0.225 e. The molecule has 25 heavy (non-hydrogen) atoms. The lowest BCUT2D eigenvalue weighted by Gasteiger charge is -2.04. The minimum Gasteiger partial charge on any atom is -0.368 e. The molecule has 4 aromatic rings. The molecule has 0 saturated heterocycles. The molecule has 2 aromatic heterocycles. The molecule has 4 rings (SSSR count). The molecule has 0 aliphatic carbocycles. The maximum atomic E-state index is 13.3. The molecule has 2 N–H and O–H groups in total. The van der Waals surface area contributed by atoms with Gasteiger partial charge in [0.2, 0.25) is 11.1 Å². The minimum atomic E-state index is -0.261. The first-order valence-electron chi connectivity index (χ1n) is 7.50. The number of rotatable bonds is 4. The van der Waals surface area contributed by atoms with E-state index in [4.69, 9.17) is 5.73 Å². The van der Waals surface area contributed by atoms with Crippen LogP contribution in [0.4, 0.5) is 10.3 Å². The monoisotopic (exact) mass is 352 g/mol. The van der Waals surface area contributed by atoms with Crippen LogP contribution in [0.1, 0.15) is 5.56 Å². The number of aromatic nitrogens is 5. The Bertz CT molecular complexity index is 1040. The summed E-state index contributed by atoms with van der Waals surface area (Å²) in [4.78, 5) is 12.8. The highest BCUT2D eigenvalue weighted by Gasteiger charge is 2.13. The molecule has 0 radical (unpaired) electrons. The predicted molar refractivity (Wildman–Crippen MR) is 94.8 cm³/mol. The summed E-state index contributed by atoms with van der Waals surface area (Å²) in [7, 11) is 0. The van der Waals surface area contributed by atoms with Crippen LogP contribution in [0.3, 0.4) is 0 Å². The largest absolute Gasteiger partial charge is 0.368 e. The first kappa shape index (κ1) is 15.5. The van der Waals surface area contributed by atoms with E-state index >= 15 is 0 Å². The van der Waals surface area contributed by atoms with Gasteiger partial charge in [0.25, 0.3) is 0 Å². The van der Waals surface area contributed by atoms with Crippen molar-refractivity contribution in [3.05, 3.63) is 66.2 Å². The molecule has 0 spiro atoms. The molecule has 0 amide bonds. The Hall–Kier alpha value is -3.00. The molecule has 124 valence electrons. The quantitative estimate of drug-likeness (QED) is 0.568. The number of benzene rings is 2. The van der Waals surface area contributed by atoms with Crippen molar-refractivity contribution in [3.63, 3.8) is 0 Å². The first-order valence-corrected chi connectivity index (χ1v) is 8.49. The van der Waals surface area contributed by atoms with Crippen LogP contribution in [0.2, 0.25) is 0 Å². The molecule has 2 heterocycles. The number of halogens is 1. The van der Waals surface area contributed by atoms with Gasteiger partial charge in [0, 0.05) is 11.1 Å². The molecular formula is C17H13FN6S. The van der Waals surface area contributed by atoms with Gasteiger partial charge in [-0.15, -0.1) is 5.10 Å². The van der Waals surface area contributed by atoms with Crippen molar-refractivity contribution in [1.82, 2.24) is 24.7 Å². The lowest BCUT2D eigenvalue weighted by molar-refractivity contribution is 0.626. The molecular weight excluding hydrogens is 339 g/mol. The standard InChI is InChI=1S/C17H13FN6S/c18-12-5-3-4-11(8-12)9-25-17-22-16(19)24(23-17)15-13-6-1-2-7-14(13)20-10-21-15/h1-8,10H,9H2,(H2,19,22,23). The van der Waals surface area contributed by atoms with E-state index in [1.54, 1.807) is 6.07 Å². The smallest absolute Gasteiger partial charge is 0.225 e. The van der Waals surface area contributed by atoms with Crippen molar-refractivity contribution in [2.45, 2.75) is 10.9 Å². The van der Waals surface area contributed by atoms with Gasteiger partial charge in [-0.05, 0) is 29.8 Å². The molecule has 0 bridgehead atoms. The van der Waals surface area contributed by atoms with E-state index in [1.807, 2.05) is 30.3 Å². The van der Waals surface area contributed by atoms with Gasteiger partial charge in [0.05, 0.1) is 5.52 Å². The summed E-state index contributed by atoms with van der Waals surface area (Å²) in [5, 5.41) is 5.77.